The number of nitrogens with zero attached hydrogens (tertiary/aromatic N) is 3. The van der Waals surface area contributed by atoms with Crippen LogP contribution in [0, 0.1) is 5.92 Å². The zero-order valence-corrected chi connectivity index (χ0v) is 13.0. The predicted octanol–water partition coefficient (Wildman–Crippen LogP) is 2.14. The van der Waals surface area contributed by atoms with E-state index in [4.69, 9.17) is 0 Å². The number of aromatic nitrogens is 1. The van der Waals surface area contributed by atoms with Gasteiger partial charge in [0.2, 0.25) is 0 Å². The molecule has 0 amide bonds. The van der Waals surface area contributed by atoms with Crippen molar-refractivity contribution in [2.24, 2.45) is 5.92 Å². The molecule has 19 heavy (non-hydrogen) atoms. The van der Waals surface area contributed by atoms with E-state index in [9.17, 15) is 0 Å². The van der Waals surface area contributed by atoms with Crippen LogP contribution in [0.1, 0.15) is 19.4 Å². The van der Waals surface area contributed by atoms with Crippen molar-refractivity contribution in [2.45, 2.75) is 20.4 Å². The van der Waals surface area contributed by atoms with Gasteiger partial charge in [-0.1, -0.05) is 13.8 Å². The van der Waals surface area contributed by atoms with Crippen molar-refractivity contribution in [1.82, 2.24) is 14.8 Å². The lowest BCUT2D eigenvalue weighted by Crippen LogP contribution is -2.34. The second kappa shape index (κ2) is 8.12. The molecule has 0 aliphatic rings. The molecule has 1 heterocycles. The van der Waals surface area contributed by atoms with Crippen molar-refractivity contribution in [3.63, 3.8) is 0 Å². The summed E-state index contributed by atoms with van der Waals surface area (Å²) in [6, 6.07) is 4.23. The largest absolute Gasteiger partial charge is 0.373 e. The minimum absolute atomic E-state index is 0.688. The SMILES string of the molecule is CNc1cc(CN(CCN(C)C)CC(C)C)ccn1. The van der Waals surface area contributed by atoms with Gasteiger partial charge in [0.25, 0.3) is 0 Å². The fraction of sp³-hybridized carbons (Fsp3) is 0.667. The summed E-state index contributed by atoms with van der Waals surface area (Å²) >= 11 is 0. The summed E-state index contributed by atoms with van der Waals surface area (Å²) in [5, 5.41) is 3.09. The Morgan fingerprint density at radius 3 is 2.58 bits per heavy atom. The Kier molecular flexibility index (Phi) is 6.81. The maximum absolute atomic E-state index is 4.26. The molecular weight excluding hydrogens is 236 g/mol. The van der Waals surface area contributed by atoms with Crippen LogP contribution in [0.25, 0.3) is 0 Å². The highest BCUT2D eigenvalue weighted by Crippen LogP contribution is 2.10. The summed E-state index contributed by atoms with van der Waals surface area (Å²) < 4.78 is 0. The van der Waals surface area contributed by atoms with Gasteiger partial charge in [-0.3, -0.25) is 4.90 Å². The van der Waals surface area contributed by atoms with Gasteiger partial charge in [-0.15, -0.1) is 0 Å². The Morgan fingerprint density at radius 2 is 2.00 bits per heavy atom. The number of rotatable bonds is 8. The van der Waals surface area contributed by atoms with Crippen LogP contribution in [-0.4, -0.2) is 55.6 Å². The van der Waals surface area contributed by atoms with E-state index in [2.05, 4.69) is 60.2 Å². The number of anilines is 1. The van der Waals surface area contributed by atoms with Gasteiger partial charge in [0.05, 0.1) is 0 Å². The summed E-state index contributed by atoms with van der Waals surface area (Å²) in [6.45, 7) is 8.86. The van der Waals surface area contributed by atoms with Crippen molar-refractivity contribution in [1.29, 1.82) is 0 Å². The minimum atomic E-state index is 0.688. The Balaban J connectivity index is 2.63. The second-order valence-electron chi connectivity index (χ2n) is 5.73. The number of nitrogens with one attached hydrogen (secondary N) is 1. The maximum atomic E-state index is 4.26. The topological polar surface area (TPSA) is 31.4 Å². The number of hydrogen-bond donors (Lipinski definition) is 1. The number of likely N-dealkylation sites (N-methyl/N-ethyl adjacent to an activating group) is 1. The van der Waals surface area contributed by atoms with Crippen LogP contribution in [0.3, 0.4) is 0 Å². The van der Waals surface area contributed by atoms with Crippen LogP contribution in [0.2, 0.25) is 0 Å². The Morgan fingerprint density at radius 1 is 1.26 bits per heavy atom. The molecule has 0 fully saturated rings. The maximum Gasteiger partial charge on any atom is 0.125 e. The van der Waals surface area contributed by atoms with Crippen LogP contribution in [-0.2, 0) is 6.54 Å². The highest BCUT2D eigenvalue weighted by Gasteiger charge is 2.09. The first-order chi connectivity index (χ1) is 9.01. The summed E-state index contributed by atoms with van der Waals surface area (Å²) in [7, 11) is 6.16. The molecule has 4 heteroatoms. The summed E-state index contributed by atoms with van der Waals surface area (Å²) in [6.07, 6.45) is 1.88. The number of hydrogen-bond acceptors (Lipinski definition) is 4. The molecule has 0 radical (unpaired) electrons. The van der Waals surface area contributed by atoms with E-state index >= 15 is 0 Å². The van der Waals surface area contributed by atoms with Crippen LogP contribution < -0.4 is 5.32 Å². The quantitative estimate of drug-likeness (QED) is 0.779. The molecule has 108 valence electrons. The molecular formula is C15H28N4. The Labute approximate surface area is 117 Å². The molecule has 0 bridgehead atoms. The van der Waals surface area contributed by atoms with E-state index in [1.807, 2.05) is 13.2 Å². The molecule has 1 N–H and O–H groups in total. The molecule has 0 aliphatic carbocycles. The zero-order valence-electron chi connectivity index (χ0n) is 13.0. The summed E-state index contributed by atoms with van der Waals surface area (Å²) in [5.41, 5.74) is 1.32. The third kappa shape index (κ3) is 6.55. The molecule has 0 aromatic carbocycles. The first kappa shape index (κ1) is 15.9. The van der Waals surface area contributed by atoms with Gasteiger partial charge in [-0.2, -0.15) is 0 Å². The van der Waals surface area contributed by atoms with Crippen LogP contribution in [0.4, 0.5) is 5.82 Å². The smallest absolute Gasteiger partial charge is 0.125 e. The molecule has 0 saturated carbocycles. The highest BCUT2D eigenvalue weighted by atomic mass is 15.2. The van der Waals surface area contributed by atoms with Gasteiger partial charge in [0.1, 0.15) is 5.82 Å². The fourth-order valence-corrected chi connectivity index (χ4v) is 2.06. The van der Waals surface area contributed by atoms with Gasteiger partial charge in [0.15, 0.2) is 0 Å². The van der Waals surface area contributed by atoms with Crippen molar-refractivity contribution >= 4 is 5.82 Å². The molecule has 1 aromatic rings. The third-order valence-electron chi connectivity index (χ3n) is 2.97. The van der Waals surface area contributed by atoms with E-state index in [1.165, 1.54) is 5.56 Å². The molecule has 0 unspecified atom stereocenters. The molecule has 1 rings (SSSR count). The molecule has 0 atom stereocenters. The average molecular weight is 264 g/mol. The first-order valence-corrected chi connectivity index (χ1v) is 7.01. The van der Waals surface area contributed by atoms with Crippen LogP contribution >= 0.6 is 0 Å². The molecule has 0 saturated heterocycles. The van der Waals surface area contributed by atoms with Crippen molar-refractivity contribution in [2.75, 3.05) is 46.1 Å². The molecule has 4 nitrogen and oxygen atoms in total. The fourth-order valence-electron chi connectivity index (χ4n) is 2.06. The monoisotopic (exact) mass is 264 g/mol. The van der Waals surface area contributed by atoms with Crippen LogP contribution in [0.15, 0.2) is 18.3 Å². The van der Waals surface area contributed by atoms with Crippen molar-refractivity contribution < 1.29 is 0 Å². The lowest BCUT2D eigenvalue weighted by Gasteiger charge is -2.26. The van der Waals surface area contributed by atoms with Gasteiger partial charge in [-0.25, -0.2) is 4.98 Å². The number of pyridine rings is 1. The van der Waals surface area contributed by atoms with E-state index in [-0.39, 0.29) is 0 Å². The molecule has 1 aromatic heterocycles. The molecule has 0 spiro atoms. The van der Waals surface area contributed by atoms with Gasteiger partial charge in [0, 0.05) is 39.4 Å². The van der Waals surface area contributed by atoms with E-state index in [0.29, 0.717) is 5.92 Å². The normalized spacial score (nSPS) is 11.6. The average Bonchev–Trinajstić information content (AvgIpc) is 2.35. The highest BCUT2D eigenvalue weighted by molar-refractivity contribution is 5.36. The lowest BCUT2D eigenvalue weighted by atomic mass is 10.1. The van der Waals surface area contributed by atoms with Crippen LogP contribution in [0.5, 0.6) is 0 Å². The Bertz CT molecular complexity index is 363. The van der Waals surface area contributed by atoms with Gasteiger partial charge >= 0.3 is 0 Å². The van der Waals surface area contributed by atoms with E-state index in [1.54, 1.807) is 0 Å². The van der Waals surface area contributed by atoms with Gasteiger partial charge in [-0.05, 0) is 37.7 Å². The Hall–Kier alpha value is -1.13. The van der Waals surface area contributed by atoms with E-state index in [0.717, 1.165) is 32.0 Å². The third-order valence-corrected chi connectivity index (χ3v) is 2.97. The van der Waals surface area contributed by atoms with Crippen molar-refractivity contribution in [3.8, 4) is 0 Å². The lowest BCUT2D eigenvalue weighted by molar-refractivity contribution is 0.211. The minimum Gasteiger partial charge on any atom is -0.373 e. The standard InChI is InChI=1S/C15H28N4/c1-13(2)11-19(9-8-18(4)5)12-14-6-7-17-15(10-14)16-3/h6-7,10,13H,8-9,11-12H2,1-5H3,(H,16,17). The van der Waals surface area contributed by atoms with E-state index < -0.39 is 0 Å². The van der Waals surface area contributed by atoms with Crippen molar-refractivity contribution in [3.05, 3.63) is 23.9 Å². The summed E-state index contributed by atoms with van der Waals surface area (Å²) in [5.74, 6) is 1.63. The van der Waals surface area contributed by atoms with Gasteiger partial charge < -0.3 is 10.2 Å². The zero-order chi connectivity index (χ0) is 14.3. The molecule has 0 aliphatic heterocycles. The predicted molar refractivity (Wildman–Crippen MR) is 82.5 cm³/mol. The summed E-state index contributed by atoms with van der Waals surface area (Å²) in [4.78, 5) is 9.01. The second-order valence-corrected chi connectivity index (χ2v) is 5.73. The first-order valence-electron chi connectivity index (χ1n) is 7.01.